The van der Waals surface area contributed by atoms with E-state index in [1.54, 1.807) is 30.5 Å². The number of hydrogen-bond donors (Lipinski definition) is 2. The van der Waals surface area contributed by atoms with Crippen LogP contribution in [0, 0.1) is 11.2 Å². The maximum atomic E-state index is 13.5. The van der Waals surface area contributed by atoms with E-state index >= 15 is 0 Å². The van der Waals surface area contributed by atoms with E-state index in [0.717, 1.165) is 0 Å². The minimum absolute atomic E-state index is 0.171. The van der Waals surface area contributed by atoms with Crippen LogP contribution in [0.25, 0.3) is 11.0 Å². The van der Waals surface area contributed by atoms with Gasteiger partial charge in [0.25, 0.3) is 0 Å². The first-order valence-corrected chi connectivity index (χ1v) is 5.53. The Balaban J connectivity index is 2.55. The summed E-state index contributed by atoms with van der Waals surface area (Å²) in [6.45, 7) is 3.67. The molecular weight excluding hydrogens is 235 g/mol. The molecule has 1 aromatic heterocycles. The highest BCUT2D eigenvalue weighted by molar-refractivity contribution is 5.82. The topological polar surface area (TPSA) is 86.9 Å². The SMILES string of the molecule is CC(C)(Cn1c(N)nc2c(F)cccc21)C(N)=O. The van der Waals surface area contributed by atoms with Gasteiger partial charge in [0.05, 0.1) is 10.9 Å². The summed E-state index contributed by atoms with van der Waals surface area (Å²) in [5, 5.41) is 0. The smallest absolute Gasteiger partial charge is 0.224 e. The molecule has 0 fully saturated rings. The van der Waals surface area contributed by atoms with Crippen molar-refractivity contribution in [2.45, 2.75) is 20.4 Å². The zero-order chi connectivity index (χ0) is 13.5. The van der Waals surface area contributed by atoms with Crippen LogP contribution in [0.1, 0.15) is 13.8 Å². The van der Waals surface area contributed by atoms with Gasteiger partial charge in [-0.05, 0) is 26.0 Å². The van der Waals surface area contributed by atoms with Gasteiger partial charge in [0, 0.05) is 6.54 Å². The van der Waals surface area contributed by atoms with E-state index in [-0.39, 0.29) is 18.0 Å². The van der Waals surface area contributed by atoms with Gasteiger partial charge in [-0.3, -0.25) is 4.79 Å². The number of aromatic nitrogens is 2. The van der Waals surface area contributed by atoms with Gasteiger partial charge in [-0.1, -0.05) is 6.07 Å². The number of nitrogens with two attached hydrogens (primary N) is 2. The highest BCUT2D eigenvalue weighted by atomic mass is 19.1. The van der Waals surface area contributed by atoms with Crippen LogP contribution in [-0.2, 0) is 11.3 Å². The molecule has 0 spiro atoms. The Hall–Kier alpha value is -2.11. The lowest BCUT2D eigenvalue weighted by molar-refractivity contribution is -0.126. The second-order valence-electron chi connectivity index (χ2n) is 4.91. The van der Waals surface area contributed by atoms with Crippen LogP contribution in [0.4, 0.5) is 10.3 Å². The van der Waals surface area contributed by atoms with E-state index < -0.39 is 17.1 Å². The molecule has 6 heteroatoms. The summed E-state index contributed by atoms with van der Waals surface area (Å²) in [5.74, 6) is -0.709. The molecule has 1 aromatic carbocycles. The van der Waals surface area contributed by atoms with Gasteiger partial charge in [-0.15, -0.1) is 0 Å². The van der Waals surface area contributed by atoms with Crippen molar-refractivity contribution in [1.82, 2.24) is 9.55 Å². The van der Waals surface area contributed by atoms with Crippen molar-refractivity contribution in [2.75, 3.05) is 5.73 Å². The van der Waals surface area contributed by atoms with Crippen molar-refractivity contribution in [1.29, 1.82) is 0 Å². The highest BCUT2D eigenvalue weighted by Crippen LogP contribution is 2.25. The van der Waals surface area contributed by atoms with Crippen LogP contribution >= 0.6 is 0 Å². The molecule has 0 aliphatic rings. The van der Waals surface area contributed by atoms with Gasteiger partial charge in [0.1, 0.15) is 5.52 Å². The quantitative estimate of drug-likeness (QED) is 0.859. The van der Waals surface area contributed by atoms with E-state index in [4.69, 9.17) is 11.5 Å². The zero-order valence-corrected chi connectivity index (χ0v) is 10.3. The third kappa shape index (κ3) is 1.90. The molecule has 96 valence electrons. The minimum atomic E-state index is -0.784. The number of rotatable bonds is 3. The molecule has 0 saturated heterocycles. The molecule has 2 aromatic rings. The number of carbonyl (C=O) groups excluding carboxylic acids is 1. The average molecular weight is 250 g/mol. The first-order valence-electron chi connectivity index (χ1n) is 5.53. The molecule has 0 unspecified atom stereocenters. The second-order valence-corrected chi connectivity index (χ2v) is 4.91. The number of nitrogen functional groups attached to an aromatic ring is 1. The number of nitrogens with zero attached hydrogens (tertiary/aromatic N) is 2. The number of benzene rings is 1. The lowest BCUT2D eigenvalue weighted by Gasteiger charge is -2.21. The van der Waals surface area contributed by atoms with E-state index in [1.807, 2.05) is 0 Å². The highest BCUT2D eigenvalue weighted by Gasteiger charge is 2.27. The third-order valence-electron chi connectivity index (χ3n) is 2.98. The second kappa shape index (κ2) is 3.97. The number of hydrogen-bond acceptors (Lipinski definition) is 3. The fourth-order valence-corrected chi connectivity index (χ4v) is 1.77. The zero-order valence-electron chi connectivity index (χ0n) is 10.3. The number of anilines is 1. The van der Waals surface area contributed by atoms with Crippen LogP contribution in [0.5, 0.6) is 0 Å². The summed E-state index contributed by atoms with van der Waals surface area (Å²) in [6, 6.07) is 4.60. The molecule has 0 aliphatic carbocycles. The number of imidazole rings is 1. The van der Waals surface area contributed by atoms with E-state index in [9.17, 15) is 9.18 Å². The van der Waals surface area contributed by atoms with Gasteiger partial charge in [0.15, 0.2) is 5.82 Å². The van der Waals surface area contributed by atoms with Crippen molar-refractivity contribution in [3.8, 4) is 0 Å². The summed E-state index contributed by atoms with van der Waals surface area (Å²) in [6.07, 6.45) is 0. The molecule has 0 bridgehead atoms. The summed E-state index contributed by atoms with van der Waals surface area (Å²) in [5.41, 5.74) is 11.1. The van der Waals surface area contributed by atoms with Crippen molar-refractivity contribution in [2.24, 2.45) is 11.1 Å². The van der Waals surface area contributed by atoms with Gasteiger partial charge in [-0.25, -0.2) is 9.37 Å². The van der Waals surface area contributed by atoms with Crippen LogP contribution in [0.15, 0.2) is 18.2 Å². The summed E-state index contributed by atoms with van der Waals surface area (Å²) >= 11 is 0. The number of fused-ring (bicyclic) bond motifs is 1. The largest absolute Gasteiger partial charge is 0.369 e. The Morgan fingerprint density at radius 1 is 1.50 bits per heavy atom. The minimum Gasteiger partial charge on any atom is -0.369 e. The molecule has 2 rings (SSSR count). The maximum Gasteiger partial charge on any atom is 0.224 e. The summed E-state index contributed by atoms with van der Waals surface area (Å²) in [4.78, 5) is 15.3. The fourth-order valence-electron chi connectivity index (χ4n) is 1.77. The van der Waals surface area contributed by atoms with Crippen molar-refractivity contribution < 1.29 is 9.18 Å². The summed E-state index contributed by atoms with van der Waals surface area (Å²) in [7, 11) is 0. The van der Waals surface area contributed by atoms with E-state index in [2.05, 4.69) is 4.98 Å². The van der Waals surface area contributed by atoms with E-state index in [0.29, 0.717) is 5.52 Å². The first kappa shape index (κ1) is 12.3. The standard InChI is InChI=1S/C12H15FN4O/c1-12(2,10(14)18)6-17-8-5-3-4-7(13)9(8)16-11(17)15/h3-5H,6H2,1-2H3,(H2,14,18)(H2,15,16). The lowest BCUT2D eigenvalue weighted by Crippen LogP contribution is -2.35. The molecule has 0 radical (unpaired) electrons. The average Bonchev–Trinajstić information content (AvgIpc) is 2.57. The number of amides is 1. The van der Waals surface area contributed by atoms with Gasteiger partial charge < -0.3 is 16.0 Å². The van der Waals surface area contributed by atoms with Crippen LogP contribution in [0.2, 0.25) is 0 Å². The summed E-state index contributed by atoms with van der Waals surface area (Å²) < 4.78 is 15.1. The number of primary amides is 1. The molecule has 4 N–H and O–H groups in total. The number of para-hydroxylation sites is 1. The van der Waals surface area contributed by atoms with Gasteiger partial charge >= 0.3 is 0 Å². The lowest BCUT2D eigenvalue weighted by atomic mass is 9.92. The number of carbonyl (C=O) groups is 1. The molecular formula is C12H15FN4O. The molecule has 0 aliphatic heterocycles. The van der Waals surface area contributed by atoms with Crippen molar-refractivity contribution >= 4 is 22.9 Å². The first-order chi connectivity index (χ1) is 8.33. The van der Waals surface area contributed by atoms with Gasteiger partial charge in [0.2, 0.25) is 11.9 Å². The molecule has 5 nitrogen and oxygen atoms in total. The monoisotopic (exact) mass is 250 g/mol. The molecule has 1 heterocycles. The van der Waals surface area contributed by atoms with Crippen LogP contribution < -0.4 is 11.5 Å². The third-order valence-corrected chi connectivity index (χ3v) is 2.98. The Kier molecular flexibility index (Phi) is 2.73. The normalized spacial score (nSPS) is 11.9. The van der Waals surface area contributed by atoms with Crippen molar-refractivity contribution in [3.05, 3.63) is 24.0 Å². The molecule has 0 atom stereocenters. The van der Waals surface area contributed by atoms with Gasteiger partial charge in [-0.2, -0.15) is 0 Å². The predicted molar refractivity (Wildman–Crippen MR) is 67.1 cm³/mol. The Morgan fingerprint density at radius 2 is 2.17 bits per heavy atom. The maximum absolute atomic E-state index is 13.5. The van der Waals surface area contributed by atoms with Crippen LogP contribution in [0.3, 0.4) is 0 Å². The Bertz CT molecular complexity index is 618. The van der Waals surface area contributed by atoms with Crippen molar-refractivity contribution in [3.63, 3.8) is 0 Å². The molecule has 1 amide bonds. The fraction of sp³-hybridized carbons (Fsp3) is 0.333. The Labute approximate surface area is 104 Å². The molecule has 0 saturated carbocycles. The molecule has 18 heavy (non-hydrogen) atoms. The Morgan fingerprint density at radius 3 is 2.78 bits per heavy atom. The number of halogens is 1. The van der Waals surface area contributed by atoms with Crippen LogP contribution in [-0.4, -0.2) is 15.5 Å². The predicted octanol–water partition coefficient (Wildman–Crippen LogP) is 1.27. The van der Waals surface area contributed by atoms with E-state index in [1.165, 1.54) is 6.07 Å².